The van der Waals surface area contributed by atoms with Gasteiger partial charge in [-0.25, -0.2) is 4.79 Å². The Morgan fingerprint density at radius 2 is 1.79 bits per heavy atom. The fourth-order valence-corrected chi connectivity index (χ4v) is 4.54. The van der Waals surface area contributed by atoms with Crippen LogP contribution < -0.4 is 0 Å². The van der Waals surface area contributed by atoms with Gasteiger partial charge in [-0.05, 0) is 71.6 Å². The number of hydrogen-bond acceptors (Lipinski definition) is 4. The first-order valence-electron chi connectivity index (χ1n) is 10.7. The second-order valence-corrected chi connectivity index (χ2v) is 10.2. The van der Waals surface area contributed by atoms with Crippen LogP contribution in [-0.2, 0) is 15.9 Å². The van der Waals surface area contributed by atoms with E-state index >= 15 is 0 Å². The molecule has 6 heteroatoms. The normalized spacial score (nSPS) is 23.8. The van der Waals surface area contributed by atoms with Gasteiger partial charge in [-0.1, -0.05) is 23.7 Å². The number of morpholine rings is 1. The number of piperidine rings is 1. The molecular formula is C23H35ClN2O3. The molecule has 3 rings (SSSR count). The third kappa shape index (κ3) is 5.87. The summed E-state index contributed by atoms with van der Waals surface area (Å²) in [6.45, 7) is 13.3. The number of likely N-dealkylation sites (tertiary alicyclic amines) is 1. The molecule has 162 valence electrons. The molecule has 0 bridgehead atoms. The molecule has 29 heavy (non-hydrogen) atoms. The summed E-state index contributed by atoms with van der Waals surface area (Å²) in [6.07, 6.45) is 2.66. The molecule has 2 fully saturated rings. The van der Waals surface area contributed by atoms with Gasteiger partial charge in [-0.3, -0.25) is 4.90 Å². The highest BCUT2D eigenvalue weighted by Crippen LogP contribution is 2.32. The molecule has 0 aromatic heterocycles. The predicted molar refractivity (Wildman–Crippen MR) is 117 cm³/mol. The molecule has 2 heterocycles. The number of halogens is 1. The molecule has 1 aromatic carbocycles. The average molecular weight is 423 g/mol. The highest BCUT2D eigenvalue weighted by Gasteiger charge is 2.42. The maximum atomic E-state index is 12.4. The number of ether oxygens (including phenoxy) is 2. The Morgan fingerprint density at radius 1 is 1.17 bits per heavy atom. The zero-order valence-corrected chi connectivity index (χ0v) is 19.2. The minimum Gasteiger partial charge on any atom is -0.444 e. The summed E-state index contributed by atoms with van der Waals surface area (Å²) in [7, 11) is 0. The Morgan fingerprint density at radius 3 is 2.38 bits per heavy atom. The summed E-state index contributed by atoms with van der Waals surface area (Å²) in [5, 5.41) is 0.763. The number of carbonyl (C=O) groups excluding carboxylic acids is 1. The second kappa shape index (κ2) is 8.83. The molecule has 0 radical (unpaired) electrons. The molecule has 2 saturated heterocycles. The van der Waals surface area contributed by atoms with Crippen LogP contribution in [-0.4, -0.2) is 65.4 Å². The zero-order chi connectivity index (χ0) is 21.2. The zero-order valence-electron chi connectivity index (χ0n) is 18.4. The number of amides is 1. The van der Waals surface area contributed by atoms with Gasteiger partial charge in [0.05, 0.1) is 12.2 Å². The summed E-state index contributed by atoms with van der Waals surface area (Å²) in [5.74, 6) is 0. The highest BCUT2D eigenvalue weighted by molar-refractivity contribution is 6.30. The maximum absolute atomic E-state index is 12.4. The van der Waals surface area contributed by atoms with Crippen molar-refractivity contribution in [1.82, 2.24) is 9.80 Å². The first kappa shape index (κ1) is 22.4. The Hall–Kier alpha value is -1.30. The number of nitrogens with zero attached hydrogens (tertiary/aromatic N) is 2. The van der Waals surface area contributed by atoms with E-state index in [2.05, 4.69) is 30.9 Å². The van der Waals surface area contributed by atoms with E-state index in [1.54, 1.807) is 0 Å². The quantitative estimate of drug-likeness (QED) is 0.704. The summed E-state index contributed by atoms with van der Waals surface area (Å²) in [4.78, 5) is 16.9. The molecule has 0 saturated carbocycles. The van der Waals surface area contributed by atoms with Crippen LogP contribution >= 0.6 is 11.6 Å². The summed E-state index contributed by atoms with van der Waals surface area (Å²) in [6, 6.07) is 8.87. The largest absolute Gasteiger partial charge is 0.444 e. The molecule has 1 atom stereocenters. The first-order chi connectivity index (χ1) is 13.5. The van der Waals surface area contributed by atoms with Gasteiger partial charge in [0, 0.05) is 36.7 Å². The first-order valence-corrected chi connectivity index (χ1v) is 11.0. The van der Waals surface area contributed by atoms with Crippen molar-refractivity contribution >= 4 is 17.7 Å². The van der Waals surface area contributed by atoms with E-state index in [1.165, 1.54) is 5.56 Å². The van der Waals surface area contributed by atoms with Crippen molar-refractivity contribution in [2.24, 2.45) is 0 Å². The van der Waals surface area contributed by atoms with Crippen molar-refractivity contribution in [3.63, 3.8) is 0 Å². The highest BCUT2D eigenvalue weighted by atomic mass is 35.5. The van der Waals surface area contributed by atoms with Gasteiger partial charge in [0.25, 0.3) is 0 Å². The van der Waals surface area contributed by atoms with Crippen molar-refractivity contribution in [2.45, 2.75) is 77.2 Å². The van der Waals surface area contributed by atoms with Crippen LogP contribution in [0, 0.1) is 0 Å². The fourth-order valence-electron chi connectivity index (χ4n) is 4.42. The van der Waals surface area contributed by atoms with Gasteiger partial charge < -0.3 is 14.4 Å². The molecule has 1 unspecified atom stereocenters. The molecule has 0 spiro atoms. The van der Waals surface area contributed by atoms with Crippen molar-refractivity contribution in [3.8, 4) is 0 Å². The smallest absolute Gasteiger partial charge is 0.410 e. The van der Waals surface area contributed by atoms with E-state index in [0.29, 0.717) is 6.04 Å². The van der Waals surface area contributed by atoms with Crippen molar-refractivity contribution in [1.29, 1.82) is 0 Å². The fraction of sp³-hybridized carbons (Fsp3) is 0.696. The number of rotatable bonds is 3. The maximum Gasteiger partial charge on any atom is 0.410 e. The van der Waals surface area contributed by atoms with E-state index in [0.717, 1.165) is 50.5 Å². The lowest BCUT2D eigenvalue weighted by atomic mass is 9.87. The topological polar surface area (TPSA) is 42.0 Å². The molecular weight excluding hydrogens is 388 g/mol. The summed E-state index contributed by atoms with van der Waals surface area (Å²) in [5.41, 5.74) is 0.598. The number of carbonyl (C=O) groups is 1. The van der Waals surface area contributed by atoms with Gasteiger partial charge >= 0.3 is 6.09 Å². The number of hydrogen-bond donors (Lipinski definition) is 0. The van der Waals surface area contributed by atoms with E-state index in [9.17, 15) is 4.79 Å². The van der Waals surface area contributed by atoms with E-state index in [1.807, 2.05) is 37.8 Å². The third-order valence-electron chi connectivity index (χ3n) is 5.95. The monoisotopic (exact) mass is 422 g/mol. The molecule has 5 nitrogen and oxygen atoms in total. The lowest BCUT2D eigenvalue weighted by molar-refractivity contribution is -0.143. The Bertz CT molecular complexity index is 691. The van der Waals surface area contributed by atoms with Crippen molar-refractivity contribution in [3.05, 3.63) is 34.9 Å². The average Bonchev–Trinajstić information content (AvgIpc) is 2.63. The minimum absolute atomic E-state index is 0.198. The van der Waals surface area contributed by atoms with Crippen LogP contribution in [0.2, 0.25) is 5.02 Å². The lowest BCUT2D eigenvalue weighted by Crippen LogP contribution is -2.62. The van der Waals surface area contributed by atoms with Gasteiger partial charge in [-0.15, -0.1) is 0 Å². The third-order valence-corrected chi connectivity index (χ3v) is 6.21. The van der Waals surface area contributed by atoms with E-state index < -0.39 is 5.60 Å². The lowest BCUT2D eigenvalue weighted by Gasteiger charge is -2.51. The van der Waals surface area contributed by atoms with Gasteiger partial charge in [0.15, 0.2) is 0 Å². The summed E-state index contributed by atoms with van der Waals surface area (Å²) < 4.78 is 11.7. The van der Waals surface area contributed by atoms with Crippen LogP contribution in [0.1, 0.15) is 53.0 Å². The molecule has 2 aliphatic rings. The van der Waals surface area contributed by atoms with Gasteiger partial charge in [0.2, 0.25) is 0 Å². The summed E-state index contributed by atoms with van der Waals surface area (Å²) >= 11 is 6.06. The van der Waals surface area contributed by atoms with Crippen molar-refractivity contribution in [2.75, 3.05) is 26.2 Å². The van der Waals surface area contributed by atoms with Gasteiger partial charge in [0.1, 0.15) is 5.60 Å². The minimum atomic E-state index is -0.453. The van der Waals surface area contributed by atoms with Crippen LogP contribution in [0.25, 0.3) is 0 Å². The predicted octanol–water partition coefficient (Wildman–Crippen LogP) is 4.76. The van der Waals surface area contributed by atoms with E-state index in [-0.39, 0.29) is 17.7 Å². The molecule has 1 aromatic rings. The van der Waals surface area contributed by atoms with E-state index in [4.69, 9.17) is 21.1 Å². The van der Waals surface area contributed by atoms with Crippen LogP contribution in [0.4, 0.5) is 4.79 Å². The van der Waals surface area contributed by atoms with Crippen LogP contribution in [0.5, 0.6) is 0 Å². The molecule has 0 aliphatic carbocycles. The van der Waals surface area contributed by atoms with Gasteiger partial charge in [-0.2, -0.15) is 0 Å². The van der Waals surface area contributed by atoms with Crippen LogP contribution in [0.15, 0.2) is 24.3 Å². The number of benzene rings is 1. The van der Waals surface area contributed by atoms with Crippen LogP contribution in [0.3, 0.4) is 0 Å². The Balaban J connectivity index is 1.66. The standard InChI is InChI=1S/C23H35ClN2O3/c1-22(2,3)29-21(27)25-12-10-19(11-13-25)26-14-15-28-23(4,5)20(26)16-17-6-8-18(24)9-7-17/h6-9,19-20H,10-16H2,1-5H3. The molecule has 1 amide bonds. The Kier molecular flexibility index (Phi) is 6.81. The SMILES string of the molecule is CC(C)(C)OC(=O)N1CCC(N2CCOC(C)(C)C2Cc2ccc(Cl)cc2)CC1. The second-order valence-electron chi connectivity index (χ2n) is 9.73. The molecule has 0 N–H and O–H groups in total. The van der Waals surface area contributed by atoms with Crippen molar-refractivity contribution < 1.29 is 14.3 Å². The molecule has 2 aliphatic heterocycles. The Labute approximate surface area is 180 Å².